The van der Waals surface area contributed by atoms with Gasteiger partial charge < -0.3 is 5.11 Å². The summed E-state index contributed by atoms with van der Waals surface area (Å²) in [5.74, 6) is -0.323. The van der Waals surface area contributed by atoms with Crippen LogP contribution in [0.15, 0.2) is 42.7 Å². The molecule has 2 heterocycles. The summed E-state index contributed by atoms with van der Waals surface area (Å²) < 4.78 is 27.4. The predicted octanol–water partition coefficient (Wildman–Crippen LogP) is 3.48. The van der Waals surface area contributed by atoms with Crippen LogP contribution in [-0.4, -0.2) is 28.1 Å². The molecule has 2 fully saturated rings. The molecule has 3 unspecified atom stereocenters. The van der Waals surface area contributed by atoms with Gasteiger partial charge in [-0.05, 0) is 49.4 Å². The van der Waals surface area contributed by atoms with Crippen LogP contribution < -0.4 is 0 Å². The molecule has 0 radical (unpaired) electrons. The molecule has 132 valence electrons. The van der Waals surface area contributed by atoms with Crippen molar-refractivity contribution in [2.75, 3.05) is 13.1 Å². The fourth-order valence-electron chi connectivity index (χ4n) is 4.62. The number of nitrogens with zero attached hydrogens (tertiary/aromatic N) is 2. The molecular weight excluding hydrogens is 322 g/mol. The molecule has 1 saturated carbocycles. The fraction of sp³-hybridized carbons (Fsp3) is 0.450. The highest BCUT2D eigenvalue weighted by molar-refractivity contribution is 5.23. The lowest BCUT2D eigenvalue weighted by Crippen LogP contribution is -2.42. The van der Waals surface area contributed by atoms with Crippen molar-refractivity contribution < 1.29 is 13.9 Å². The van der Waals surface area contributed by atoms with Gasteiger partial charge in [-0.15, -0.1) is 0 Å². The van der Waals surface area contributed by atoms with Gasteiger partial charge in [0.05, 0.1) is 5.60 Å². The van der Waals surface area contributed by atoms with E-state index in [1.165, 1.54) is 12.1 Å². The SMILES string of the molecule is OC1(c2cccnc2)CCCC2CN(Cc3cc(F)ccc3F)CC21. The van der Waals surface area contributed by atoms with Gasteiger partial charge in [-0.3, -0.25) is 9.88 Å². The minimum atomic E-state index is -0.883. The molecule has 2 aromatic rings. The molecule has 1 aromatic heterocycles. The van der Waals surface area contributed by atoms with Crippen LogP contribution in [-0.2, 0) is 12.1 Å². The van der Waals surface area contributed by atoms with E-state index in [9.17, 15) is 13.9 Å². The van der Waals surface area contributed by atoms with E-state index in [-0.39, 0.29) is 11.7 Å². The van der Waals surface area contributed by atoms with Crippen LogP contribution in [0.3, 0.4) is 0 Å². The molecule has 1 aliphatic heterocycles. The largest absolute Gasteiger partial charge is 0.385 e. The average Bonchev–Trinajstić information content (AvgIpc) is 3.03. The first-order chi connectivity index (χ1) is 12.1. The number of hydrogen-bond donors (Lipinski definition) is 1. The summed E-state index contributed by atoms with van der Waals surface area (Å²) in [4.78, 5) is 6.30. The highest BCUT2D eigenvalue weighted by Gasteiger charge is 2.49. The molecule has 1 aromatic carbocycles. The molecule has 1 N–H and O–H groups in total. The zero-order chi connectivity index (χ0) is 17.4. The first kappa shape index (κ1) is 16.6. The molecule has 1 aliphatic carbocycles. The Balaban J connectivity index is 1.56. The van der Waals surface area contributed by atoms with E-state index in [0.717, 1.165) is 37.4 Å². The van der Waals surface area contributed by atoms with E-state index < -0.39 is 11.4 Å². The van der Waals surface area contributed by atoms with Crippen LogP contribution in [0, 0.1) is 23.5 Å². The third kappa shape index (κ3) is 3.07. The van der Waals surface area contributed by atoms with Crippen molar-refractivity contribution in [2.45, 2.75) is 31.4 Å². The van der Waals surface area contributed by atoms with E-state index in [0.29, 0.717) is 24.6 Å². The third-order valence-corrected chi connectivity index (χ3v) is 5.83. The Kier molecular flexibility index (Phi) is 4.29. The van der Waals surface area contributed by atoms with Crippen molar-refractivity contribution >= 4 is 0 Å². The summed E-state index contributed by atoms with van der Waals surface area (Å²) in [5.41, 5.74) is 0.360. The molecule has 5 heteroatoms. The van der Waals surface area contributed by atoms with E-state index in [4.69, 9.17) is 0 Å². The quantitative estimate of drug-likeness (QED) is 0.926. The van der Waals surface area contributed by atoms with Gasteiger partial charge in [-0.2, -0.15) is 0 Å². The first-order valence-electron chi connectivity index (χ1n) is 8.85. The van der Waals surface area contributed by atoms with Crippen LogP contribution in [0.25, 0.3) is 0 Å². The Hall–Kier alpha value is -1.85. The number of rotatable bonds is 3. The summed E-state index contributed by atoms with van der Waals surface area (Å²) >= 11 is 0. The van der Waals surface area contributed by atoms with Crippen LogP contribution in [0.1, 0.15) is 30.4 Å². The number of aromatic nitrogens is 1. The zero-order valence-electron chi connectivity index (χ0n) is 14.0. The molecule has 25 heavy (non-hydrogen) atoms. The number of pyridine rings is 1. The third-order valence-electron chi connectivity index (χ3n) is 5.83. The van der Waals surface area contributed by atoms with E-state index in [1.54, 1.807) is 12.4 Å². The predicted molar refractivity (Wildman–Crippen MR) is 90.6 cm³/mol. The lowest BCUT2D eigenvalue weighted by Gasteiger charge is -2.41. The van der Waals surface area contributed by atoms with Crippen molar-refractivity contribution in [1.29, 1.82) is 0 Å². The lowest BCUT2D eigenvalue weighted by molar-refractivity contribution is -0.0651. The molecule has 1 saturated heterocycles. The molecule has 3 atom stereocenters. The van der Waals surface area contributed by atoms with Gasteiger partial charge in [0, 0.05) is 49.1 Å². The van der Waals surface area contributed by atoms with Gasteiger partial charge in [0.1, 0.15) is 11.6 Å². The van der Waals surface area contributed by atoms with Crippen LogP contribution >= 0.6 is 0 Å². The average molecular weight is 344 g/mol. The summed E-state index contributed by atoms with van der Waals surface area (Å²) in [6, 6.07) is 7.38. The van der Waals surface area contributed by atoms with Gasteiger partial charge in [0.2, 0.25) is 0 Å². The monoisotopic (exact) mass is 344 g/mol. The molecule has 0 spiro atoms. The summed E-state index contributed by atoms with van der Waals surface area (Å²) in [5, 5.41) is 11.4. The standard InChI is InChI=1S/C20H22F2N2O/c21-17-5-6-19(22)15(9-17)12-24-11-14-3-1-7-20(25,18(14)13-24)16-4-2-8-23-10-16/h2,4-6,8-10,14,18,25H,1,3,7,11-13H2. The Morgan fingerprint density at radius 3 is 2.92 bits per heavy atom. The van der Waals surface area contributed by atoms with Crippen LogP contribution in [0.4, 0.5) is 8.78 Å². The summed E-state index contributed by atoms with van der Waals surface area (Å²) in [7, 11) is 0. The highest BCUT2D eigenvalue weighted by atomic mass is 19.1. The van der Waals surface area contributed by atoms with Gasteiger partial charge in [-0.1, -0.05) is 6.07 Å². The van der Waals surface area contributed by atoms with Crippen molar-refractivity contribution in [1.82, 2.24) is 9.88 Å². The molecule has 0 bridgehead atoms. The van der Waals surface area contributed by atoms with Crippen LogP contribution in [0.5, 0.6) is 0 Å². The highest BCUT2D eigenvalue weighted by Crippen LogP contribution is 2.48. The van der Waals surface area contributed by atoms with Crippen LogP contribution in [0.2, 0.25) is 0 Å². The Labute approximate surface area is 146 Å². The van der Waals surface area contributed by atoms with Crippen molar-refractivity contribution in [3.05, 3.63) is 65.5 Å². The van der Waals surface area contributed by atoms with Gasteiger partial charge in [0.25, 0.3) is 0 Å². The minimum Gasteiger partial charge on any atom is -0.385 e. The second kappa shape index (κ2) is 6.46. The molecule has 4 rings (SSSR count). The van der Waals surface area contributed by atoms with E-state index in [1.807, 2.05) is 12.1 Å². The number of aliphatic hydroxyl groups is 1. The maximum absolute atomic E-state index is 14.0. The zero-order valence-corrected chi connectivity index (χ0v) is 14.0. The normalized spacial score (nSPS) is 29.6. The Bertz CT molecular complexity index is 755. The second-order valence-electron chi connectivity index (χ2n) is 7.35. The maximum Gasteiger partial charge on any atom is 0.127 e. The van der Waals surface area contributed by atoms with E-state index in [2.05, 4.69) is 9.88 Å². The fourth-order valence-corrected chi connectivity index (χ4v) is 4.62. The molecular formula is C20H22F2N2O. The summed E-state index contributed by atoms with van der Waals surface area (Å²) in [6.07, 6.45) is 6.21. The van der Waals surface area contributed by atoms with Gasteiger partial charge in [-0.25, -0.2) is 8.78 Å². The van der Waals surface area contributed by atoms with Crippen molar-refractivity contribution in [2.24, 2.45) is 11.8 Å². The Morgan fingerprint density at radius 2 is 2.12 bits per heavy atom. The molecule has 2 aliphatic rings. The van der Waals surface area contributed by atoms with Gasteiger partial charge >= 0.3 is 0 Å². The Morgan fingerprint density at radius 1 is 1.24 bits per heavy atom. The lowest BCUT2D eigenvalue weighted by atomic mass is 9.68. The number of likely N-dealkylation sites (tertiary alicyclic amines) is 1. The minimum absolute atomic E-state index is 0.0991. The number of benzene rings is 1. The molecule has 0 amide bonds. The van der Waals surface area contributed by atoms with Crippen molar-refractivity contribution in [3.63, 3.8) is 0 Å². The van der Waals surface area contributed by atoms with Gasteiger partial charge in [0.15, 0.2) is 0 Å². The number of hydrogen-bond acceptors (Lipinski definition) is 3. The number of fused-ring (bicyclic) bond motifs is 1. The first-order valence-corrected chi connectivity index (χ1v) is 8.85. The van der Waals surface area contributed by atoms with E-state index >= 15 is 0 Å². The maximum atomic E-state index is 14.0. The topological polar surface area (TPSA) is 36.4 Å². The second-order valence-corrected chi connectivity index (χ2v) is 7.35. The number of halogens is 2. The molecule has 3 nitrogen and oxygen atoms in total. The smallest absolute Gasteiger partial charge is 0.127 e. The summed E-state index contributed by atoms with van der Waals surface area (Å²) in [6.45, 7) is 1.87. The van der Waals surface area contributed by atoms with Crippen molar-refractivity contribution in [3.8, 4) is 0 Å².